The van der Waals surface area contributed by atoms with Crippen molar-refractivity contribution in [2.75, 3.05) is 0 Å². The van der Waals surface area contributed by atoms with E-state index in [4.69, 9.17) is 0 Å². The summed E-state index contributed by atoms with van der Waals surface area (Å²) in [4.78, 5) is 0. The second-order valence-corrected chi connectivity index (χ2v) is 5.87. The van der Waals surface area contributed by atoms with Crippen molar-refractivity contribution >= 4 is 0 Å². The third-order valence-corrected chi connectivity index (χ3v) is 2.89. The van der Waals surface area contributed by atoms with Crippen molar-refractivity contribution in [3.63, 3.8) is 0 Å². The normalized spacial score (nSPS) is 12.1. The van der Waals surface area contributed by atoms with Gasteiger partial charge in [0.2, 0.25) is 0 Å². The molecule has 0 heteroatoms. The third kappa shape index (κ3) is 4.07. The summed E-state index contributed by atoms with van der Waals surface area (Å²) < 4.78 is 0. The van der Waals surface area contributed by atoms with Crippen LogP contribution >= 0.6 is 0 Å². The first-order valence-corrected chi connectivity index (χ1v) is 5.95. The fourth-order valence-electron chi connectivity index (χ4n) is 2.50. The highest BCUT2D eigenvalue weighted by Gasteiger charge is 2.20. The molecule has 0 radical (unpaired) electrons. The van der Waals surface area contributed by atoms with Gasteiger partial charge < -0.3 is 0 Å². The van der Waals surface area contributed by atoms with Crippen LogP contribution in [0, 0.1) is 18.3 Å². The molecule has 0 saturated carbocycles. The predicted octanol–water partition coefficient (Wildman–Crippen LogP) is 4.61. The van der Waals surface area contributed by atoms with Crippen molar-refractivity contribution in [2.45, 2.75) is 47.5 Å². The second-order valence-electron chi connectivity index (χ2n) is 5.87. The van der Waals surface area contributed by atoms with E-state index < -0.39 is 0 Å². The summed E-state index contributed by atoms with van der Waals surface area (Å²) in [6.45, 7) is 11.6. The quantitative estimate of drug-likeness (QED) is 0.672. The fourth-order valence-corrected chi connectivity index (χ4v) is 2.50. The van der Waals surface area contributed by atoms with Crippen LogP contribution < -0.4 is 0 Å². The summed E-state index contributed by atoms with van der Waals surface area (Å²) in [5.74, 6) is 0.781. The Bertz CT molecular complexity index is 308. The smallest absolute Gasteiger partial charge is 0.0225 e. The van der Waals surface area contributed by atoms with Crippen LogP contribution in [-0.2, 0) is 6.42 Å². The van der Waals surface area contributed by atoms with Crippen LogP contribution in [0.15, 0.2) is 24.3 Å². The molecule has 15 heavy (non-hydrogen) atoms. The summed E-state index contributed by atoms with van der Waals surface area (Å²) in [6, 6.07) is 8.74. The molecular weight excluding hydrogens is 180 g/mol. The Morgan fingerprint density at radius 2 is 1.73 bits per heavy atom. The molecule has 1 aromatic rings. The molecule has 0 unspecified atom stereocenters. The Hall–Kier alpha value is -0.780. The maximum Gasteiger partial charge on any atom is -0.0225 e. The molecule has 0 N–H and O–H groups in total. The maximum atomic E-state index is 2.37. The summed E-state index contributed by atoms with van der Waals surface area (Å²) >= 11 is 0. The van der Waals surface area contributed by atoms with E-state index in [0.717, 1.165) is 5.92 Å². The van der Waals surface area contributed by atoms with Gasteiger partial charge in [-0.2, -0.15) is 0 Å². The number of hydrogen-bond donors (Lipinski definition) is 0. The molecule has 0 fully saturated rings. The molecule has 1 aromatic carbocycles. The molecule has 0 atom stereocenters. The topological polar surface area (TPSA) is 0 Å². The SMILES string of the molecule is Cc1ccccc1CC(C)(C)CC(C)C. The van der Waals surface area contributed by atoms with E-state index in [0.29, 0.717) is 5.41 Å². The highest BCUT2D eigenvalue weighted by molar-refractivity contribution is 5.26. The Labute approximate surface area is 94.7 Å². The minimum Gasteiger partial charge on any atom is -0.0628 e. The summed E-state index contributed by atoms with van der Waals surface area (Å²) in [5, 5.41) is 0. The number of benzene rings is 1. The molecule has 0 saturated heterocycles. The van der Waals surface area contributed by atoms with Crippen molar-refractivity contribution in [3.8, 4) is 0 Å². The maximum absolute atomic E-state index is 2.37. The zero-order valence-corrected chi connectivity index (χ0v) is 10.8. The molecule has 0 amide bonds. The van der Waals surface area contributed by atoms with Crippen molar-refractivity contribution in [3.05, 3.63) is 35.4 Å². The summed E-state index contributed by atoms with van der Waals surface area (Å²) in [5.41, 5.74) is 3.35. The van der Waals surface area contributed by atoms with E-state index >= 15 is 0 Å². The van der Waals surface area contributed by atoms with Gasteiger partial charge in [-0.3, -0.25) is 0 Å². The van der Waals surface area contributed by atoms with Gasteiger partial charge in [-0.05, 0) is 42.2 Å². The van der Waals surface area contributed by atoms with Gasteiger partial charge in [0.15, 0.2) is 0 Å². The molecule has 0 bridgehead atoms. The van der Waals surface area contributed by atoms with Gasteiger partial charge in [-0.15, -0.1) is 0 Å². The molecule has 0 nitrogen and oxygen atoms in total. The molecule has 84 valence electrons. The minimum absolute atomic E-state index is 0.417. The second kappa shape index (κ2) is 4.83. The molecule has 0 spiro atoms. The molecule has 0 aliphatic rings. The molecule has 0 heterocycles. The van der Waals surface area contributed by atoms with Crippen molar-refractivity contribution in [1.29, 1.82) is 0 Å². The number of hydrogen-bond acceptors (Lipinski definition) is 0. The lowest BCUT2D eigenvalue weighted by Crippen LogP contribution is -2.18. The van der Waals surface area contributed by atoms with E-state index in [1.807, 2.05) is 0 Å². The third-order valence-electron chi connectivity index (χ3n) is 2.89. The first-order chi connectivity index (χ1) is 6.91. The molecule has 0 aliphatic heterocycles. The van der Waals surface area contributed by atoms with Gasteiger partial charge in [-0.1, -0.05) is 52.0 Å². The van der Waals surface area contributed by atoms with E-state index in [1.165, 1.54) is 24.0 Å². The highest BCUT2D eigenvalue weighted by Crippen LogP contribution is 2.30. The van der Waals surface area contributed by atoms with Gasteiger partial charge in [0.1, 0.15) is 0 Å². The van der Waals surface area contributed by atoms with Crippen LogP contribution in [0.4, 0.5) is 0 Å². The molecule has 0 aromatic heterocycles. The summed E-state index contributed by atoms with van der Waals surface area (Å²) in [6.07, 6.45) is 2.49. The average molecular weight is 204 g/mol. The number of rotatable bonds is 4. The largest absolute Gasteiger partial charge is 0.0628 e. The summed E-state index contributed by atoms with van der Waals surface area (Å²) in [7, 11) is 0. The number of aryl methyl sites for hydroxylation is 1. The highest BCUT2D eigenvalue weighted by atomic mass is 14.3. The van der Waals surface area contributed by atoms with Crippen molar-refractivity contribution in [2.24, 2.45) is 11.3 Å². The first-order valence-electron chi connectivity index (χ1n) is 5.95. The lowest BCUT2D eigenvalue weighted by molar-refractivity contribution is 0.285. The van der Waals surface area contributed by atoms with Crippen LogP contribution in [0.25, 0.3) is 0 Å². The van der Waals surface area contributed by atoms with Gasteiger partial charge in [0.25, 0.3) is 0 Å². The Morgan fingerprint density at radius 1 is 1.13 bits per heavy atom. The van der Waals surface area contributed by atoms with Crippen molar-refractivity contribution < 1.29 is 0 Å². The van der Waals surface area contributed by atoms with Gasteiger partial charge >= 0.3 is 0 Å². The van der Waals surface area contributed by atoms with E-state index in [-0.39, 0.29) is 0 Å². The molecular formula is C15H24. The Kier molecular flexibility index (Phi) is 3.96. The standard InChI is InChI=1S/C15H24/c1-12(2)10-15(4,5)11-14-9-7-6-8-13(14)3/h6-9,12H,10-11H2,1-5H3. The first kappa shape index (κ1) is 12.3. The molecule has 1 rings (SSSR count). The monoisotopic (exact) mass is 204 g/mol. The molecule has 0 aliphatic carbocycles. The van der Waals surface area contributed by atoms with Crippen molar-refractivity contribution in [1.82, 2.24) is 0 Å². The van der Waals surface area contributed by atoms with Gasteiger partial charge in [0, 0.05) is 0 Å². The van der Waals surface area contributed by atoms with Crippen LogP contribution in [0.1, 0.15) is 45.2 Å². The Morgan fingerprint density at radius 3 is 2.27 bits per heavy atom. The zero-order chi connectivity index (χ0) is 11.5. The Balaban J connectivity index is 2.73. The zero-order valence-electron chi connectivity index (χ0n) is 10.8. The van der Waals surface area contributed by atoms with Crippen LogP contribution in [0.2, 0.25) is 0 Å². The minimum atomic E-state index is 0.417. The van der Waals surface area contributed by atoms with E-state index in [2.05, 4.69) is 58.9 Å². The van der Waals surface area contributed by atoms with Crippen LogP contribution in [-0.4, -0.2) is 0 Å². The van der Waals surface area contributed by atoms with Crippen LogP contribution in [0.5, 0.6) is 0 Å². The predicted molar refractivity (Wildman–Crippen MR) is 68.1 cm³/mol. The lowest BCUT2D eigenvalue weighted by Gasteiger charge is -2.27. The van der Waals surface area contributed by atoms with E-state index in [1.54, 1.807) is 0 Å². The van der Waals surface area contributed by atoms with E-state index in [9.17, 15) is 0 Å². The van der Waals surface area contributed by atoms with Gasteiger partial charge in [0.05, 0.1) is 0 Å². The van der Waals surface area contributed by atoms with Gasteiger partial charge in [-0.25, -0.2) is 0 Å². The van der Waals surface area contributed by atoms with Crippen LogP contribution in [0.3, 0.4) is 0 Å². The average Bonchev–Trinajstić information content (AvgIpc) is 2.06. The lowest BCUT2D eigenvalue weighted by atomic mass is 9.78. The fraction of sp³-hybridized carbons (Fsp3) is 0.600.